The molecule has 2 aliphatic rings. The number of rotatable bonds is 5. The topological polar surface area (TPSA) is 72.9 Å². The second-order valence-corrected chi connectivity index (χ2v) is 7.52. The second kappa shape index (κ2) is 6.20. The zero-order chi connectivity index (χ0) is 15.2. The summed E-state index contributed by atoms with van der Waals surface area (Å²) in [6.07, 6.45) is 4.80. The van der Waals surface area contributed by atoms with Gasteiger partial charge in [-0.1, -0.05) is 0 Å². The first-order valence-corrected chi connectivity index (χ1v) is 8.00. The Hall–Kier alpha value is -1.07. The number of nitrogens with one attached hydrogen (secondary N) is 1. The Labute approximate surface area is 138 Å². The lowest BCUT2D eigenvalue weighted by Gasteiger charge is -2.22. The molecule has 1 aromatic rings. The Kier molecular flexibility index (Phi) is 4.87. The van der Waals surface area contributed by atoms with Crippen molar-refractivity contribution in [2.45, 2.75) is 64.0 Å². The number of nitrogens with zero attached hydrogens (tertiary/aromatic N) is 2. The van der Waals surface area contributed by atoms with Crippen LogP contribution >= 0.6 is 12.4 Å². The molecule has 1 aromatic heterocycles. The van der Waals surface area contributed by atoms with Crippen LogP contribution in [0, 0.1) is 5.92 Å². The summed E-state index contributed by atoms with van der Waals surface area (Å²) in [6, 6.07) is 2.04. The van der Waals surface area contributed by atoms with E-state index in [1.54, 1.807) is 0 Å². The van der Waals surface area contributed by atoms with Crippen LogP contribution in [-0.4, -0.2) is 28.3 Å². The van der Waals surface area contributed by atoms with Gasteiger partial charge in [0.25, 0.3) is 5.91 Å². The van der Waals surface area contributed by atoms with E-state index in [0.717, 1.165) is 0 Å². The SMILES string of the molecule is CC(C)(C)n1nc(C(=O)NCC(N)C2CC2)cc1C1CC1.Cl. The number of halogens is 1. The second-order valence-electron chi connectivity index (χ2n) is 7.52. The molecule has 1 heterocycles. The fraction of sp³-hybridized carbons (Fsp3) is 0.750. The van der Waals surface area contributed by atoms with Crippen molar-refractivity contribution >= 4 is 18.3 Å². The summed E-state index contributed by atoms with van der Waals surface area (Å²) in [7, 11) is 0. The van der Waals surface area contributed by atoms with E-state index in [1.165, 1.54) is 31.4 Å². The quantitative estimate of drug-likeness (QED) is 0.872. The van der Waals surface area contributed by atoms with Gasteiger partial charge in [-0.15, -0.1) is 12.4 Å². The molecule has 22 heavy (non-hydrogen) atoms. The van der Waals surface area contributed by atoms with E-state index in [4.69, 9.17) is 5.73 Å². The third kappa shape index (κ3) is 3.82. The average Bonchev–Trinajstić information content (AvgIpc) is 3.31. The van der Waals surface area contributed by atoms with Crippen molar-refractivity contribution in [3.63, 3.8) is 0 Å². The standard InChI is InChI=1S/C16H26N4O.ClH/c1-16(2,3)20-14(11-6-7-11)8-13(19-20)15(21)18-9-12(17)10-4-5-10;/h8,10-12H,4-7,9,17H2,1-3H3,(H,18,21);1H. The number of carbonyl (C=O) groups is 1. The van der Waals surface area contributed by atoms with E-state index < -0.39 is 0 Å². The highest BCUT2D eigenvalue weighted by Gasteiger charge is 2.33. The van der Waals surface area contributed by atoms with Crippen molar-refractivity contribution < 1.29 is 4.79 Å². The first-order valence-electron chi connectivity index (χ1n) is 8.00. The molecule has 0 aromatic carbocycles. The monoisotopic (exact) mass is 326 g/mol. The molecule has 0 saturated heterocycles. The van der Waals surface area contributed by atoms with Crippen molar-refractivity contribution in [3.8, 4) is 0 Å². The molecule has 5 nitrogen and oxygen atoms in total. The lowest BCUT2D eigenvalue weighted by molar-refractivity contribution is 0.0943. The van der Waals surface area contributed by atoms with Crippen LogP contribution in [0.15, 0.2) is 6.07 Å². The molecule has 2 fully saturated rings. The predicted molar refractivity (Wildman–Crippen MR) is 89.5 cm³/mol. The normalized spacial score (nSPS) is 19.5. The van der Waals surface area contributed by atoms with Crippen LogP contribution in [0.4, 0.5) is 0 Å². The summed E-state index contributed by atoms with van der Waals surface area (Å²) in [5.74, 6) is 1.07. The van der Waals surface area contributed by atoms with Crippen molar-refractivity contribution in [2.75, 3.05) is 6.54 Å². The number of amides is 1. The Balaban J connectivity index is 0.00000176. The molecule has 3 rings (SSSR count). The van der Waals surface area contributed by atoms with Gasteiger partial charge in [-0.25, -0.2) is 0 Å². The summed E-state index contributed by atoms with van der Waals surface area (Å²) in [5, 5.41) is 7.48. The van der Waals surface area contributed by atoms with Crippen LogP contribution in [0.2, 0.25) is 0 Å². The predicted octanol–water partition coefficient (Wildman–Crippen LogP) is 2.40. The van der Waals surface area contributed by atoms with Crippen molar-refractivity contribution in [2.24, 2.45) is 11.7 Å². The van der Waals surface area contributed by atoms with Crippen LogP contribution < -0.4 is 11.1 Å². The maximum atomic E-state index is 12.3. The van der Waals surface area contributed by atoms with E-state index in [1.807, 2.05) is 10.7 Å². The van der Waals surface area contributed by atoms with E-state index in [-0.39, 0.29) is 29.9 Å². The van der Waals surface area contributed by atoms with Gasteiger partial charge in [0.05, 0.1) is 5.54 Å². The summed E-state index contributed by atoms with van der Waals surface area (Å²) in [5.41, 5.74) is 7.65. The maximum Gasteiger partial charge on any atom is 0.271 e. The number of hydrogen-bond donors (Lipinski definition) is 2. The number of hydrogen-bond acceptors (Lipinski definition) is 3. The number of aromatic nitrogens is 2. The summed E-state index contributed by atoms with van der Waals surface area (Å²) in [4.78, 5) is 12.3. The fourth-order valence-corrected chi connectivity index (χ4v) is 2.71. The average molecular weight is 327 g/mol. The largest absolute Gasteiger partial charge is 0.349 e. The highest BCUT2D eigenvalue weighted by atomic mass is 35.5. The van der Waals surface area contributed by atoms with Gasteiger partial charge in [-0.2, -0.15) is 5.10 Å². The van der Waals surface area contributed by atoms with Crippen molar-refractivity contribution in [1.82, 2.24) is 15.1 Å². The van der Waals surface area contributed by atoms with E-state index in [0.29, 0.717) is 24.1 Å². The van der Waals surface area contributed by atoms with Gasteiger partial charge in [0.15, 0.2) is 0 Å². The molecule has 3 N–H and O–H groups in total. The Morgan fingerprint density at radius 2 is 2.05 bits per heavy atom. The Morgan fingerprint density at radius 3 is 2.55 bits per heavy atom. The van der Waals surface area contributed by atoms with Crippen LogP contribution in [-0.2, 0) is 5.54 Å². The van der Waals surface area contributed by atoms with Crippen molar-refractivity contribution in [3.05, 3.63) is 17.5 Å². The van der Waals surface area contributed by atoms with Gasteiger partial charge < -0.3 is 11.1 Å². The molecule has 2 aliphatic carbocycles. The lowest BCUT2D eigenvalue weighted by atomic mass is 10.1. The van der Waals surface area contributed by atoms with Gasteiger partial charge in [0.1, 0.15) is 5.69 Å². The Morgan fingerprint density at radius 1 is 1.41 bits per heavy atom. The molecule has 1 amide bonds. The maximum absolute atomic E-state index is 12.3. The first kappa shape index (κ1) is 17.3. The highest BCUT2D eigenvalue weighted by Crippen LogP contribution is 2.41. The minimum Gasteiger partial charge on any atom is -0.349 e. The summed E-state index contributed by atoms with van der Waals surface area (Å²) >= 11 is 0. The summed E-state index contributed by atoms with van der Waals surface area (Å²) < 4.78 is 2.01. The van der Waals surface area contributed by atoms with Crippen molar-refractivity contribution in [1.29, 1.82) is 0 Å². The molecule has 6 heteroatoms. The lowest BCUT2D eigenvalue weighted by Crippen LogP contribution is -2.38. The van der Waals surface area contributed by atoms with E-state index >= 15 is 0 Å². The third-order valence-corrected chi connectivity index (χ3v) is 4.33. The van der Waals surface area contributed by atoms with Crippen LogP contribution in [0.5, 0.6) is 0 Å². The molecule has 1 unspecified atom stereocenters. The number of carbonyl (C=O) groups excluding carboxylic acids is 1. The molecule has 0 radical (unpaired) electrons. The summed E-state index contributed by atoms with van der Waals surface area (Å²) in [6.45, 7) is 6.91. The van der Waals surface area contributed by atoms with Gasteiger partial charge in [0.2, 0.25) is 0 Å². The number of nitrogens with two attached hydrogens (primary N) is 1. The fourth-order valence-electron chi connectivity index (χ4n) is 2.71. The minimum atomic E-state index is -0.101. The smallest absolute Gasteiger partial charge is 0.271 e. The highest BCUT2D eigenvalue weighted by molar-refractivity contribution is 5.92. The zero-order valence-corrected chi connectivity index (χ0v) is 14.4. The van der Waals surface area contributed by atoms with E-state index in [9.17, 15) is 4.79 Å². The molecule has 0 aliphatic heterocycles. The molecular weight excluding hydrogens is 300 g/mol. The molecular formula is C16H27ClN4O. The molecule has 124 valence electrons. The van der Waals surface area contributed by atoms with Gasteiger partial charge in [-0.05, 0) is 58.4 Å². The first-order chi connectivity index (χ1) is 9.86. The van der Waals surface area contributed by atoms with Crippen LogP contribution in [0.3, 0.4) is 0 Å². The minimum absolute atomic E-state index is 0. The zero-order valence-electron chi connectivity index (χ0n) is 13.6. The van der Waals surface area contributed by atoms with Gasteiger partial charge in [-0.3, -0.25) is 9.48 Å². The molecule has 2 saturated carbocycles. The molecule has 0 spiro atoms. The third-order valence-electron chi connectivity index (χ3n) is 4.33. The van der Waals surface area contributed by atoms with Crippen LogP contribution in [0.25, 0.3) is 0 Å². The Bertz CT molecular complexity index is 541. The van der Waals surface area contributed by atoms with Gasteiger partial charge >= 0.3 is 0 Å². The molecule has 1 atom stereocenters. The van der Waals surface area contributed by atoms with Crippen LogP contribution in [0.1, 0.15) is 68.6 Å². The molecule has 0 bridgehead atoms. The van der Waals surface area contributed by atoms with Gasteiger partial charge in [0, 0.05) is 24.2 Å². The van der Waals surface area contributed by atoms with E-state index in [2.05, 4.69) is 31.2 Å².